The third-order valence-corrected chi connectivity index (χ3v) is 4.08. The van der Waals surface area contributed by atoms with Gasteiger partial charge in [-0.1, -0.05) is 25.5 Å². The lowest BCUT2D eigenvalue weighted by Gasteiger charge is -2.26. The second-order valence-electron chi connectivity index (χ2n) is 5.80. The molecule has 3 heteroatoms. The van der Waals surface area contributed by atoms with E-state index in [0.29, 0.717) is 11.8 Å². The Morgan fingerprint density at radius 2 is 2.05 bits per heavy atom. The molecule has 2 N–H and O–H groups in total. The van der Waals surface area contributed by atoms with Gasteiger partial charge in [-0.3, -0.25) is 0 Å². The molecule has 0 aromatic heterocycles. The van der Waals surface area contributed by atoms with Crippen LogP contribution in [0, 0.1) is 11.7 Å². The van der Waals surface area contributed by atoms with Gasteiger partial charge >= 0.3 is 0 Å². The van der Waals surface area contributed by atoms with E-state index < -0.39 is 0 Å². The number of hydrogen-bond acceptors (Lipinski definition) is 2. The van der Waals surface area contributed by atoms with Crippen LogP contribution in [0.1, 0.15) is 44.1 Å². The fourth-order valence-electron chi connectivity index (χ4n) is 2.86. The summed E-state index contributed by atoms with van der Waals surface area (Å²) in [5.74, 6) is 0.804. The van der Waals surface area contributed by atoms with Gasteiger partial charge in [-0.15, -0.1) is 0 Å². The molecule has 1 aliphatic rings. The van der Waals surface area contributed by atoms with Crippen LogP contribution in [0.25, 0.3) is 0 Å². The largest absolute Gasteiger partial charge is 0.393 e. The molecule has 19 heavy (non-hydrogen) atoms. The van der Waals surface area contributed by atoms with E-state index in [9.17, 15) is 9.50 Å². The minimum Gasteiger partial charge on any atom is -0.393 e. The first-order valence-corrected chi connectivity index (χ1v) is 7.29. The zero-order valence-electron chi connectivity index (χ0n) is 11.6. The van der Waals surface area contributed by atoms with Crippen LogP contribution >= 0.6 is 0 Å². The van der Waals surface area contributed by atoms with Gasteiger partial charge in [-0.05, 0) is 55.3 Å². The van der Waals surface area contributed by atoms with E-state index in [4.69, 9.17) is 0 Å². The molecule has 0 saturated heterocycles. The van der Waals surface area contributed by atoms with Gasteiger partial charge in [0.15, 0.2) is 0 Å². The first-order valence-electron chi connectivity index (χ1n) is 7.29. The molecule has 0 amide bonds. The summed E-state index contributed by atoms with van der Waals surface area (Å²) in [4.78, 5) is 0. The third-order valence-electron chi connectivity index (χ3n) is 4.08. The van der Waals surface area contributed by atoms with E-state index in [-0.39, 0.29) is 11.9 Å². The standard InChI is InChI=1S/C16H24FNO/c1-12(14-5-7-15(17)8-6-14)10-18-11-13-3-2-4-16(19)9-13/h5-8,12-13,16,18-19H,2-4,9-11H2,1H3. The predicted octanol–water partition coefficient (Wildman–Crippen LogP) is 3.07. The third kappa shape index (κ3) is 4.59. The highest BCUT2D eigenvalue weighted by Gasteiger charge is 2.19. The minimum atomic E-state index is -0.180. The molecule has 1 aliphatic carbocycles. The first kappa shape index (κ1) is 14.5. The maximum absolute atomic E-state index is 12.8. The Morgan fingerprint density at radius 1 is 1.32 bits per heavy atom. The Hall–Kier alpha value is -0.930. The molecule has 1 fully saturated rings. The van der Waals surface area contributed by atoms with Crippen molar-refractivity contribution in [1.82, 2.24) is 5.32 Å². The molecule has 1 aromatic carbocycles. The van der Waals surface area contributed by atoms with Crippen LogP contribution in [0.5, 0.6) is 0 Å². The second-order valence-corrected chi connectivity index (χ2v) is 5.80. The van der Waals surface area contributed by atoms with Crippen LogP contribution in [0.15, 0.2) is 24.3 Å². The molecular formula is C16H24FNO. The minimum absolute atomic E-state index is 0.102. The summed E-state index contributed by atoms with van der Waals surface area (Å²) in [7, 11) is 0. The molecule has 0 heterocycles. The lowest BCUT2D eigenvalue weighted by atomic mass is 9.87. The van der Waals surface area contributed by atoms with Crippen LogP contribution in [-0.4, -0.2) is 24.3 Å². The van der Waals surface area contributed by atoms with Gasteiger partial charge in [0.05, 0.1) is 6.10 Å². The molecule has 1 saturated carbocycles. The van der Waals surface area contributed by atoms with Gasteiger partial charge in [-0.2, -0.15) is 0 Å². The second kappa shape index (κ2) is 7.01. The summed E-state index contributed by atoms with van der Waals surface area (Å²) < 4.78 is 12.8. The van der Waals surface area contributed by atoms with Crippen LogP contribution in [-0.2, 0) is 0 Å². The summed E-state index contributed by atoms with van der Waals surface area (Å²) in [6.07, 6.45) is 4.14. The number of hydrogen-bond donors (Lipinski definition) is 2. The molecular weight excluding hydrogens is 241 g/mol. The highest BCUT2D eigenvalue weighted by molar-refractivity contribution is 5.20. The van der Waals surface area contributed by atoms with Crippen molar-refractivity contribution >= 4 is 0 Å². The van der Waals surface area contributed by atoms with E-state index >= 15 is 0 Å². The van der Waals surface area contributed by atoms with Gasteiger partial charge in [-0.25, -0.2) is 4.39 Å². The van der Waals surface area contributed by atoms with Gasteiger partial charge < -0.3 is 10.4 Å². The molecule has 0 spiro atoms. The fraction of sp³-hybridized carbons (Fsp3) is 0.625. The van der Waals surface area contributed by atoms with Gasteiger partial charge in [0, 0.05) is 6.54 Å². The summed E-state index contributed by atoms with van der Waals surface area (Å²) in [6.45, 7) is 4.02. The SMILES string of the molecule is CC(CNCC1CCCC(O)C1)c1ccc(F)cc1. The van der Waals surface area contributed by atoms with Gasteiger partial charge in [0.2, 0.25) is 0 Å². The highest BCUT2D eigenvalue weighted by Crippen LogP contribution is 2.23. The number of nitrogens with one attached hydrogen (secondary N) is 1. The molecule has 2 rings (SSSR count). The van der Waals surface area contributed by atoms with E-state index in [1.54, 1.807) is 0 Å². The van der Waals surface area contributed by atoms with Crippen molar-refractivity contribution in [1.29, 1.82) is 0 Å². The maximum Gasteiger partial charge on any atom is 0.123 e. The van der Waals surface area contributed by atoms with Crippen molar-refractivity contribution in [2.24, 2.45) is 5.92 Å². The molecule has 0 radical (unpaired) electrons. The number of aliphatic hydroxyl groups excluding tert-OH is 1. The van der Waals surface area contributed by atoms with Crippen LogP contribution in [0.2, 0.25) is 0 Å². The van der Waals surface area contributed by atoms with E-state index in [1.807, 2.05) is 12.1 Å². The highest BCUT2D eigenvalue weighted by atomic mass is 19.1. The van der Waals surface area contributed by atoms with Crippen molar-refractivity contribution in [2.75, 3.05) is 13.1 Å². The van der Waals surface area contributed by atoms with Crippen LogP contribution in [0.4, 0.5) is 4.39 Å². The molecule has 0 bridgehead atoms. The molecule has 3 unspecified atom stereocenters. The first-order chi connectivity index (χ1) is 9.15. The smallest absolute Gasteiger partial charge is 0.123 e. The van der Waals surface area contributed by atoms with Crippen LogP contribution in [0.3, 0.4) is 0 Å². The van der Waals surface area contributed by atoms with Gasteiger partial charge in [0.1, 0.15) is 5.82 Å². The Labute approximate surface area is 115 Å². The Kier molecular flexibility index (Phi) is 5.34. The average Bonchev–Trinajstić information content (AvgIpc) is 2.39. The van der Waals surface area contributed by atoms with Crippen molar-refractivity contribution in [3.05, 3.63) is 35.6 Å². The zero-order valence-corrected chi connectivity index (χ0v) is 11.6. The summed E-state index contributed by atoms with van der Waals surface area (Å²) in [5, 5.41) is 13.1. The predicted molar refractivity (Wildman–Crippen MR) is 75.6 cm³/mol. The molecule has 106 valence electrons. The normalized spacial score (nSPS) is 25.2. The van der Waals surface area contributed by atoms with Crippen molar-refractivity contribution in [3.63, 3.8) is 0 Å². The van der Waals surface area contributed by atoms with E-state index in [2.05, 4.69) is 12.2 Å². The van der Waals surface area contributed by atoms with E-state index in [1.165, 1.54) is 18.6 Å². The lowest BCUT2D eigenvalue weighted by molar-refractivity contribution is 0.101. The van der Waals surface area contributed by atoms with Crippen LogP contribution < -0.4 is 5.32 Å². The van der Waals surface area contributed by atoms with Crippen molar-refractivity contribution < 1.29 is 9.50 Å². The monoisotopic (exact) mass is 265 g/mol. The quantitative estimate of drug-likeness (QED) is 0.857. The Bertz CT molecular complexity index is 379. The molecule has 1 aromatic rings. The van der Waals surface area contributed by atoms with E-state index in [0.717, 1.165) is 37.9 Å². The zero-order chi connectivity index (χ0) is 13.7. The summed E-state index contributed by atoms with van der Waals surface area (Å²) in [5.41, 5.74) is 1.16. The lowest BCUT2D eigenvalue weighted by Crippen LogP contribution is -2.31. The van der Waals surface area contributed by atoms with Crippen molar-refractivity contribution in [3.8, 4) is 0 Å². The number of aliphatic hydroxyl groups is 1. The Balaban J connectivity index is 1.71. The average molecular weight is 265 g/mol. The topological polar surface area (TPSA) is 32.3 Å². The fourth-order valence-corrected chi connectivity index (χ4v) is 2.86. The summed E-state index contributed by atoms with van der Waals surface area (Å²) in [6, 6.07) is 6.74. The number of halogens is 1. The summed E-state index contributed by atoms with van der Waals surface area (Å²) >= 11 is 0. The number of rotatable bonds is 5. The van der Waals surface area contributed by atoms with Gasteiger partial charge in [0.25, 0.3) is 0 Å². The molecule has 2 nitrogen and oxygen atoms in total. The number of benzene rings is 1. The maximum atomic E-state index is 12.8. The molecule has 3 atom stereocenters. The Morgan fingerprint density at radius 3 is 2.74 bits per heavy atom. The van der Waals surface area contributed by atoms with Crippen molar-refractivity contribution in [2.45, 2.75) is 44.6 Å². The molecule has 0 aliphatic heterocycles.